The fourth-order valence-corrected chi connectivity index (χ4v) is 3.20. The summed E-state index contributed by atoms with van der Waals surface area (Å²) in [7, 11) is 0. The van der Waals surface area contributed by atoms with E-state index >= 15 is 0 Å². The van der Waals surface area contributed by atoms with Crippen LogP contribution >= 0.6 is 12.6 Å². The minimum absolute atomic E-state index is 0.433. The van der Waals surface area contributed by atoms with Crippen molar-refractivity contribution >= 4 is 12.6 Å². The summed E-state index contributed by atoms with van der Waals surface area (Å²) in [4.78, 5) is 0. The van der Waals surface area contributed by atoms with Gasteiger partial charge in [-0.2, -0.15) is 12.6 Å². The molecule has 0 radical (unpaired) electrons. The smallest absolute Gasteiger partial charge is 0.0530 e. The highest BCUT2D eigenvalue weighted by Crippen LogP contribution is 2.39. The van der Waals surface area contributed by atoms with Crippen LogP contribution in [0.3, 0.4) is 0 Å². The fourth-order valence-electron chi connectivity index (χ4n) is 2.79. The monoisotopic (exact) mass is 228 g/mol. The maximum atomic E-state index is 5.87. The average Bonchev–Trinajstić information content (AvgIpc) is 2.64. The quantitative estimate of drug-likeness (QED) is 0.539. The molecule has 0 aromatic heterocycles. The highest BCUT2D eigenvalue weighted by atomic mass is 32.1. The molecule has 0 bridgehead atoms. The molecule has 0 aromatic rings. The van der Waals surface area contributed by atoms with Gasteiger partial charge in [-0.15, -0.1) is 0 Å². The highest BCUT2D eigenvalue weighted by molar-refractivity contribution is 7.80. The lowest BCUT2D eigenvalue weighted by atomic mass is 9.83. The Morgan fingerprint density at radius 1 is 1.13 bits per heavy atom. The summed E-state index contributed by atoms with van der Waals surface area (Å²) < 4.78 is 5.87. The van der Waals surface area contributed by atoms with Gasteiger partial charge in [-0.25, -0.2) is 0 Å². The Bertz CT molecular complexity index is 183. The first-order chi connectivity index (χ1) is 7.35. The molecule has 0 aromatic carbocycles. The molecular weight excluding hydrogens is 204 g/mol. The zero-order valence-corrected chi connectivity index (χ0v) is 10.6. The molecule has 1 nitrogen and oxygen atoms in total. The second-order valence-corrected chi connectivity index (χ2v) is 5.82. The third kappa shape index (κ3) is 3.13. The molecular formula is C13H24OS. The van der Waals surface area contributed by atoms with Gasteiger partial charge in [0.25, 0.3) is 0 Å². The van der Waals surface area contributed by atoms with Crippen molar-refractivity contribution in [1.29, 1.82) is 0 Å². The summed E-state index contributed by atoms with van der Waals surface area (Å²) in [5.74, 6) is 2.00. The molecule has 88 valence electrons. The van der Waals surface area contributed by atoms with E-state index in [1.54, 1.807) is 0 Å². The van der Waals surface area contributed by atoms with E-state index in [1.165, 1.54) is 51.4 Å². The summed E-state index contributed by atoms with van der Waals surface area (Å²) in [5, 5.41) is 0. The van der Waals surface area contributed by atoms with Crippen molar-refractivity contribution in [2.75, 3.05) is 19.0 Å². The van der Waals surface area contributed by atoms with Crippen molar-refractivity contribution in [2.24, 2.45) is 11.3 Å². The zero-order valence-electron chi connectivity index (χ0n) is 9.71. The van der Waals surface area contributed by atoms with E-state index in [0.29, 0.717) is 5.41 Å². The van der Waals surface area contributed by atoms with Crippen LogP contribution in [0, 0.1) is 11.3 Å². The first-order valence-corrected chi connectivity index (χ1v) is 7.16. The Morgan fingerprint density at radius 3 is 2.40 bits per heavy atom. The number of thiol groups is 1. The van der Waals surface area contributed by atoms with Crippen molar-refractivity contribution in [3.63, 3.8) is 0 Å². The third-order valence-electron chi connectivity index (χ3n) is 4.30. The molecule has 2 fully saturated rings. The molecule has 2 aliphatic carbocycles. The standard InChI is InChI=1S/C13H24OS/c15-11-13(7-1-2-8-13)10-14-9-6-12-4-3-5-12/h12,15H,1-11H2. The predicted octanol–water partition coefficient (Wildman–Crippen LogP) is 3.68. The van der Waals surface area contributed by atoms with Gasteiger partial charge in [0.1, 0.15) is 0 Å². The van der Waals surface area contributed by atoms with Gasteiger partial charge < -0.3 is 4.74 Å². The SMILES string of the molecule is SCC1(COCCC2CCC2)CCCC1. The van der Waals surface area contributed by atoms with Crippen LogP contribution < -0.4 is 0 Å². The van der Waals surface area contributed by atoms with Crippen LogP contribution in [0.1, 0.15) is 51.4 Å². The van der Waals surface area contributed by atoms with Crippen LogP contribution in [0.15, 0.2) is 0 Å². The van der Waals surface area contributed by atoms with Crippen molar-refractivity contribution in [3.05, 3.63) is 0 Å². The van der Waals surface area contributed by atoms with E-state index in [4.69, 9.17) is 4.74 Å². The van der Waals surface area contributed by atoms with Crippen molar-refractivity contribution in [3.8, 4) is 0 Å². The Kier molecular flexibility index (Phi) is 4.39. The van der Waals surface area contributed by atoms with Crippen molar-refractivity contribution in [2.45, 2.75) is 51.4 Å². The lowest BCUT2D eigenvalue weighted by molar-refractivity contribution is 0.0452. The Morgan fingerprint density at radius 2 is 1.87 bits per heavy atom. The normalized spacial score (nSPS) is 25.4. The third-order valence-corrected chi connectivity index (χ3v) is 4.97. The van der Waals surface area contributed by atoms with Crippen molar-refractivity contribution < 1.29 is 4.74 Å². The maximum Gasteiger partial charge on any atom is 0.0530 e. The summed E-state index contributed by atoms with van der Waals surface area (Å²) in [6, 6.07) is 0. The molecule has 0 unspecified atom stereocenters. The lowest BCUT2D eigenvalue weighted by Crippen LogP contribution is -2.26. The Labute approximate surface area is 99.4 Å². The molecule has 2 rings (SSSR count). The van der Waals surface area contributed by atoms with Gasteiger partial charge in [0.05, 0.1) is 6.61 Å². The Hall–Kier alpha value is 0.310. The van der Waals surface area contributed by atoms with Crippen LogP contribution in [0.2, 0.25) is 0 Å². The second-order valence-electron chi connectivity index (χ2n) is 5.50. The van der Waals surface area contributed by atoms with Gasteiger partial charge >= 0.3 is 0 Å². The van der Waals surface area contributed by atoms with E-state index in [-0.39, 0.29) is 0 Å². The van der Waals surface area contributed by atoms with E-state index in [2.05, 4.69) is 12.6 Å². The Balaban J connectivity index is 1.58. The molecule has 0 N–H and O–H groups in total. The minimum Gasteiger partial charge on any atom is -0.381 e. The van der Waals surface area contributed by atoms with E-state index in [1.807, 2.05) is 0 Å². The predicted molar refractivity (Wildman–Crippen MR) is 67.5 cm³/mol. The topological polar surface area (TPSA) is 9.23 Å². The van der Waals surface area contributed by atoms with Crippen LogP contribution in [-0.2, 0) is 4.74 Å². The molecule has 0 saturated heterocycles. The van der Waals surface area contributed by atoms with Crippen LogP contribution in [0.4, 0.5) is 0 Å². The number of hydrogen-bond acceptors (Lipinski definition) is 2. The number of rotatable bonds is 6. The van der Waals surface area contributed by atoms with E-state index in [9.17, 15) is 0 Å². The van der Waals surface area contributed by atoms with Crippen LogP contribution in [0.25, 0.3) is 0 Å². The summed E-state index contributed by atoms with van der Waals surface area (Å²) in [5.41, 5.74) is 0.433. The molecule has 15 heavy (non-hydrogen) atoms. The number of hydrogen-bond donors (Lipinski definition) is 1. The molecule has 2 aliphatic rings. The molecule has 2 saturated carbocycles. The van der Waals surface area contributed by atoms with Gasteiger partial charge in [-0.1, -0.05) is 32.1 Å². The van der Waals surface area contributed by atoms with E-state index < -0.39 is 0 Å². The summed E-state index contributed by atoms with van der Waals surface area (Å²) in [6.07, 6.45) is 11.1. The average molecular weight is 228 g/mol. The minimum atomic E-state index is 0.433. The lowest BCUT2D eigenvalue weighted by Gasteiger charge is -2.28. The largest absolute Gasteiger partial charge is 0.381 e. The first-order valence-electron chi connectivity index (χ1n) is 6.53. The van der Waals surface area contributed by atoms with Crippen LogP contribution in [0.5, 0.6) is 0 Å². The molecule has 0 atom stereocenters. The highest BCUT2D eigenvalue weighted by Gasteiger charge is 2.32. The van der Waals surface area contributed by atoms with Gasteiger partial charge in [-0.3, -0.25) is 0 Å². The second kappa shape index (κ2) is 5.58. The molecule has 0 spiro atoms. The van der Waals surface area contributed by atoms with Gasteiger partial charge in [-0.05, 0) is 30.9 Å². The van der Waals surface area contributed by atoms with Gasteiger partial charge in [0.2, 0.25) is 0 Å². The van der Waals surface area contributed by atoms with Gasteiger partial charge in [0, 0.05) is 12.0 Å². The van der Waals surface area contributed by atoms with E-state index in [0.717, 1.165) is 24.9 Å². The number of ether oxygens (including phenoxy) is 1. The fraction of sp³-hybridized carbons (Fsp3) is 1.00. The van der Waals surface area contributed by atoms with Crippen molar-refractivity contribution in [1.82, 2.24) is 0 Å². The molecule has 0 aliphatic heterocycles. The van der Waals surface area contributed by atoms with Gasteiger partial charge in [0.15, 0.2) is 0 Å². The summed E-state index contributed by atoms with van der Waals surface area (Å²) in [6.45, 7) is 1.95. The maximum absolute atomic E-state index is 5.87. The van der Waals surface area contributed by atoms with Crippen LogP contribution in [-0.4, -0.2) is 19.0 Å². The summed E-state index contributed by atoms with van der Waals surface area (Å²) >= 11 is 4.49. The molecule has 0 heterocycles. The molecule has 0 amide bonds. The molecule has 2 heteroatoms. The zero-order chi connectivity index (χ0) is 10.6. The first kappa shape index (κ1) is 11.8.